The third-order valence-corrected chi connectivity index (χ3v) is 4.30. The van der Waals surface area contributed by atoms with Crippen molar-refractivity contribution in [1.29, 1.82) is 0 Å². The Morgan fingerprint density at radius 3 is 2.68 bits per heavy atom. The molecule has 5 heteroatoms. The maximum atomic E-state index is 12.7. The molecule has 0 fully saturated rings. The lowest BCUT2D eigenvalue weighted by atomic mass is 10.1. The molecule has 1 amide bonds. The first-order chi connectivity index (χ1) is 12.1. The second-order valence-corrected chi connectivity index (χ2v) is 6.33. The number of anilines is 1. The lowest BCUT2D eigenvalue weighted by Crippen LogP contribution is -2.32. The average Bonchev–Trinajstić information content (AvgIpc) is 3.19. The van der Waals surface area contributed by atoms with Crippen molar-refractivity contribution in [2.75, 3.05) is 5.32 Å². The zero-order valence-electron chi connectivity index (χ0n) is 14.2. The van der Waals surface area contributed by atoms with E-state index in [2.05, 4.69) is 10.4 Å². The van der Waals surface area contributed by atoms with Gasteiger partial charge in [0.05, 0.1) is 11.4 Å². The van der Waals surface area contributed by atoms with Gasteiger partial charge in [0.15, 0.2) is 6.10 Å². The van der Waals surface area contributed by atoms with Gasteiger partial charge < -0.3 is 10.1 Å². The number of carbonyl (C=O) groups is 1. The van der Waals surface area contributed by atoms with Crippen LogP contribution in [0.1, 0.15) is 16.8 Å². The molecule has 3 aromatic rings. The molecule has 126 valence electrons. The molecule has 1 aliphatic heterocycles. The van der Waals surface area contributed by atoms with Gasteiger partial charge in [0.2, 0.25) is 0 Å². The Hall–Kier alpha value is -3.08. The monoisotopic (exact) mass is 333 g/mol. The largest absolute Gasteiger partial charge is 0.480 e. The number of fused-ring (bicyclic) bond motifs is 1. The molecule has 0 spiro atoms. The highest BCUT2D eigenvalue weighted by atomic mass is 16.5. The fourth-order valence-corrected chi connectivity index (χ4v) is 3.01. The average molecular weight is 333 g/mol. The Morgan fingerprint density at radius 1 is 1.16 bits per heavy atom. The first-order valence-corrected chi connectivity index (χ1v) is 8.29. The molecule has 4 rings (SSSR count). The predicted molar refractivity (Wildman–Crippen MR) is 96.2 cm³/mol. The van der Waals surface area contributed by atoms with Crippen LogP contribution in [0.25, 0.3) is 5.69 Å². The summed E-state index contributed by atoms with van der Waals surface area (Å²) in [5, 5.41) is 7.45. The van der Waals surface area contributed by atoms with Gasteiger partial charge in [0.25, 0.3) is 5.91 Å². The minimum atomic E-state index is -0.515. The van der Waals surface area contributed by atoms with Gasteiger partial charge in [-0.1, -0.05) is 35.9 Å². The Bertz CT molecular complexity index is 903. The molecule has 0 saturated heterocycles. The van der Waals surface area contributed by atoms with E-state index in [-0.39, 0.29) is 5.91 Å². The van der Waals surface area contributed by atoms with Crippen LogP contribution in [-0.2, 0) is 11.2 Å². The molecule has 0 saturated carbocycles. The molecular weight excluding hydrogens is 314 g/mol. The number of amides is 1. The van der Waals surface area contributed by atoms with Gasteiger partial charge in [-0.15, -0.1) is 0 Å². The Balaban J connectivity index is 1.55. The van der Waals surface area contributed by atoms with Crippen molar-refractivity contribution < 1.29 is 9.53 Å². The topological polar surface area (TPSA) is 56.2 Å². The van der Waals surface area contributed by atoms with Crippen LogP contribution in [0.2, 0.25) is 0 Å². The minimum absolute atomic E-state index is 0.163. The third kappa shape index (κ3) is 3.01. The number of aromatic nitrogens is 2. The number of nitrogens with zero attached hydrogens (tertiary/aromatic N) is 2. The van der Waals surface area contributed by atoms with E-state index < -0.39 is 6.10 Å². The zero-order valence-corrected chi connectivity index (χ0v) is 14.2. The highest BCUT2D eigenvalue weighted by Crippen LogP contribution is 2.29. The van der Waals surface area contributed by atoms with Gasteiger partial charge in [-0.2, -0.15) is 5.10 Å². The Morgan fingerprint density at radius 2 is 1.92 bits per heavy atom. The van der Waals surface area contributed by atoms with E-state index >= 15 is 0 Å². The third-order valence-electron chi connectivity index (χ3n) is 4.30. The number of hydrogen-bond donors (Lipinski definition) is 1. The lowest BCUT2D eigenvalue weighted by molar-refractivity contribution is -0.122. The van der Waals surface area contributed by atoms with E-state index in [1.54, 1.807) is 4.68 Å². The van der Waals surface area contributed by atoms with Crippen LogP contribution in [-0.4, -0.2) is 21.8 Å². The summed E-state index contributed by atoms with van der Waals surface area (Å²) in [5.41, 5.74) is 3.98. The van der Waals surface area contributed by atoms with E-state index in [0.29, 0.717) is 12.2 Å². The minimum Gasteiger partial charge on any atom is -0.480 e. The number of carbonyl (C=O) groups excluding carboxylic acids is 1. The molecular formula is C20H19N3O2. The Kier molecular flexibility index (Phi) is 3.76. The number of rotatable bonds is 3. The van der Waals surface area contributed by atoms with E-state index in [1.807, 2.05) is 68.4 Å². The highest BCUT2D eigenvalue weighted by molar-refractivity contribution is 5.94. The van der Waals surface area contributed by atoms with Crippen LogP contribution in [0, 0.1) is 13.8 Å². The molecule has 1 aromatic heterocycles. The van der Waals surface area contributed by atoms with Crippen molar-refractivity contribution in [3.05, 3.63) is 71.4 Å². The molecule has 1 N–H and O–H groups in total. The summed E-state index contributed by atoms with van der Waals surface area (Å²) in [6, 6.07) is 17.6. The number of hydrogen-bond acceptors (Lipinski definition) is 3. The SMILES string of the molecule is Cc1ccc(-n2nc(C)cc2NC(=O)[C@H]2Cc3ccccc3O2)cc1. The van der Waals surface area contributed by atoms with Crippen LogP contribution in [0.4, 0.5) is 5.82 Å². The van der Waals surface area contributed by atoms with Crippen molar-refractivity contribution in [3.8, 4) is 11.4 Å². The summed E-state index contributed by atoms with van der Waals surface area (Å²) in [6.45, 7) is 3.94. The summed E-state index contributed by atoms with van der Waals surface area (Å²) < 4.78 is 7.51. The second kappa shape index (κ2) is 6.09. The van der Waals surface area contributed by atoms with Crippen molar-refractivity contribution >= 4 is 11.7 Å². The van der Waals surface area contributed by atoms with Crippen molar-refractivity contribution in [3.63, 3.8) is 0 Å². The molecule has 0 radical (unpaired) electrons. The van der Waals surface area contributed by atoms with Gasteiger partial charge >= 0.3 is 0 Å². The van der Waals surface area contributed by atoms with E-state index in [0.717, 1.165) is 22.7 Å². The standard InChI is InChI=1S/C20H19N3O2/c1-13-7-9-16(10-8-13)23-19(11-14(2)22-23)21-20(24)18-12-15-5-3-4-6-17(15)25-18/h3-11,18H,12H2,1-2H3,(H,21,24)/t18-/m1/s1. The Labute approximate surface area is 146 Å². The molecule has 2 aromatic carbocycles. The number of nitrogens with one attached hydrogen (secondary N) is 1. The van der Waals surface area contributed by atoms with Crippen LogP contribution < -0.4 is 10.1 Å². The van der Waals surface area contributed by atoms with Gasteiger partial charge in [-0.05, 0) is 37.6 Å². The molecule has 0 unspecified atom stereocenters. The fourth-order valence-electron chi connectivity index (χ4n) is 3.01. The van der Waals surface area contributed by atoms with E-state index in [1.165, 1.54) is 5.56 Å². The molecule has 0 bridgehead atoms. The normalized spacial score (nSPS) is 15.5. The van der Waals surface area contributed by atoms with Gasteiger partial charge in [-0.3, -0.25) is 4.79 Å². The van der Waals surface area contributed by atoms with Crippen LogP contribution >= 0.6 is 0 Å². The number of aryl methyl sites for hydroxylation is 2. The maximum absolute atomic E-state index is 12.7. The number of benzene rings is 2. The van der Waals surface area contributed by atoms with Crippen molar-refractivity contribution in [2.45, 2.75) is 26.4 Å². The van der Waals surface area contributed by atoms with Crippen molar-refractivity contribution in [2.24, 2.45) is 0 Å². The molecule has 1 aliphatic rings. The molecule has 1 atom stereocenters. The second-order valence-electron chi connectivity index (χ2n) is 6.33. The molecule has 2 heterocycles. The number of para-hydroxylation sites is 1. The lowest BCUT2D eigenvalue weighted by Gasteiger charge is -2.13. The first-order valence-electron chi connectivity index (χ1n) is 8.29. The summed E-state index contributed by atoms with van der Waals surface area (Å²) in [6.07, 6.45) is 0.0682. The molecule has 25 heavy (non-hydrogen) atoms. The molecule has 5 nitrogen and oxygen atoms in total. The summed E-state index contributed by atoms with van der Waals surface area (Å²) in [5.74, 6) is 1.27. The smallest absolute Gasteiger partial charge is 0.266 e. The highest BCUT2D eigenvalue weighted by Gasteiger charge is 2.29. The van der Waals surface area contributed by atoms with Crippen LogP contribution in [0.5, 0.6) is 5.75 Å². The van der Waals surface area contributed by atoms with Crippen molar-refractivity contribution in [1.82, 2.24) is 9.78 Å². The predicted octanol–water partition coefficient (Wildman–Crippen LogP) is 3.43. The summed E-state index contributed by atoms with van der Waals surface area (Å²) in [4.78, 5) is 12.7. The van der Waals surface area contributed by atoms with E-state index in [9.17, 15) is 4.79 Å². The molecule has 0 aliphatic carbocycles. The quantitative estimate of drug-likeness (QED) is 0.799. The number of ether oxygens (including phenoxy) is 1. The first kappa shape index (κ1) is 15.4. The van der Waals surface area contributed by atoms with Gasteiger partial charge in [-0.25, -0.2) is 4.68 Å². The zero-order chi connectivity index (χ0) is 17.4. The fraction of sp³-hybridized carbons (Fsp3) is 0.200. The van der Waals surface area contributed by atoms with E-state index in [4.69, 9.17) is 4.74 Å². The summed E-state index contributed by atoms with van der Waals surface area (Å²) >= 11 is 0. The van der Waals surface area contributed by atoms with Crippen LogP contribution in [0.3, 0.4) is 0 Å². The van der Waals surface area contributed by atoms with Crippen LogP contribution in [0.15, 0.2) is 54.6 Å². The summed E-state index contributed by atoms with van der Waals surface area (Å²) in [7, 11) is 0. The van der Waals surface area contributed by atoms with Gasteiger partial charge in [0, 0.05) is 12.5 Å². The van der Waals surface area contributed by atoms with Gasteiger partial charge in [0.1, 0.15) is 11.6 Å². The maximum Gasteiger partial charge on any atom is 0.266 e.